The van der Waals surface area contributed by atoms with Crippen LogP contribution >= 0.6 is 11.6 Å². The number of hydrogen-bond donors (Lipinski definition) is 1. The van der Waals surface area contributed by atoms with E-state index >= 15 is 0 Å². The molecule has 0 aliphatic rings. The third-order valence-corrected chi connectivity index (χ3v) is 3.71. The Morgan fingerprint density at radius 3 is 2.52 bits per heavy atom. The summed E-state index contributed by atoms with van der Waals surface area (Å²) in [6, 6.07) is 9.27. The van der Waals surface area contributed by atoms with Crippen molar-refractivity contribution in [2.24, 2.45) is 5.73 Å². The molecule has 5 heteroatoms. The number of carbonyl (C=O) groups is 1. The van der Waals surface area contributed by atoms with Gasteiger partial charge in [0, 0.05) is 28.2 Å². The lowest BCUT2D eigenvalue weighted by Crippen LogP contribution is -2.12. The number of benzene rings is 1. The van der Waals surface area contributed by atoms with Crippen LogP contribution in [0.25, 0.3) is 16.8 Å². The first-order valence-corrected chi connectivity index (χ1v) is 6.90. The number of halogens is 1. The molecule has 106 valence electrons. The van der Waals surface area contributed by atoms with Gasteiger partial charge in [0.15, 0.2) is 5.65 Å². The summed E-state index contributed by atoms with van der Waals surface area (Å²) >= 11 is 5.92. The third-order valence-electron chi connectivity index (χ3n) is 3.46. The normalized spacial score (nSPS) is 11.0. The van der Waals surface area contributed by atoms with Crippen LogP contribution in [0, 0.1) is 13.8 Å². The summed E-state index contributed by atoms with van der Waals surface area (Å²) in [6.45, 7) is 3.87. The molecule has 3 aromatic rings. The molecule has 0 spiro atoms. The Kier molecular flexibility index (Phi) is 3.18. The fraction of sp³-hybridized carbons (Fsp3) is 0.125. The average molecular weight is 300 g/mol. The number of nitrogens with two attached hydrogens (primary N) is 1. The van der Waals surface area contributed by atoms with Crippen molar-refractivity contribution in [2.75, 3.05) is 0 Å². The molecule has 2 heterocycles. The van der Waals surface area contributed by atoms with Crippen LogP contribution in [0.5, 0.6) is 0 Å². The Hall–Kier alpha value is -2.33. The highest BCUT2D eigenvalue weighted by atomic mass is 35.5. The Balaban J connectivity index is 2.37. The summed E-state index contributed by atoms with van der Waals surface area (Å²) < 4.78 is 1.89. The molecule has 1 aromatic carbocycles. The maximum absolute atomic E-state index is 11.9. The number of hydrogen-bond acceptors (Lipinski definition) is 2. The minimum absolute atomic E-state index is 0.434. The molecule has 4 nitrogen and oxygen atoms in total. The first-order valence-electron chi connectivity index (χ1n) is 6.52. The van der Waals surface area contributed by atoms with Gasteiger partial charge in [-0.15, -0.1) is 0 Å². The molecule has 0 saturated carbocycles. The van der Waals surface area contributed by atoms with Crippen molar-refractivity contribution in [3.63, 3.8) is 0 Å². The third kappa shape index (κ3) is 2.28. The predicted molar refractivity (Wildman–Crippen MR) is 83.6 cm³/mol. The van der Waals surface area contributed by atoms with Crippen LogP contribution in [0.1, 0.15) is 21.7 Å². The summed E-state index contributed by atoms with van der Waals surface area (Å²) in [7, 11) is 0. The number of rotatable bonds is 2. The van der Waals surface area contributed by atoms with E-state index in [0.717, 1.165) is 22.5 Å². The van der Waals surface area contributed by atoms with Gasteiger partial charge in [-0.25, -0.2) is 4.98 Å². The van der Waals surface area contributed by atoms with E-state index in [0.29, 0.717) is 16.2 Å². The van der Waals surface area contributed by atoms with Crippen LogP contribution in [0.4, 0.5) is 0 Å². The predicted octanol–water partition coefficient (Wildman–Crippen LogP) is 3.37. The van der Waals surface area contributed by atoms with Gasteiger partial charge in [0.2, 0.25) is 0 Å². The summed E-state index contributed by atoms with van der Waals surface area (Å²) in [5.41, 5.74) is 10.1. The van der Waals surface area contributed by atoms with Crippen molar-refractivity contribution in [3.05, 3.63) is 58.5 Å². The van der Waals surface area contributed by atoms with Crippen LogP contribution in [0.2, 0.25) is 5.02 Å². The van der Waals surface area contributed by atoms with Gasteiger partial charge in [0.05, 0.1) is 5.56 Å². The van der Waals surface area contributed by atoms with Crippen molar-refractivity contribution in [3.8, 4) is 11.1 Å². The minimum Gasteiger partial charge on any atom is -0.365 e. The number of fused-ring (bicyclic) bond motifs is 1. The molecule has 0 bridgehead atoms. The zero-order valence-corrected chi connectivity index (χ0v) is 12.5. The Morgan fingerprint density at radius 2 is 1.90 bits per heavy atom. The lowest BCUT2D eigenvalue weighted by atomic mass is 10.0. The van der Waals surface area contributed by atoms with Crippen molar-refractivity contribution in [1.82, 2.24) is 9.38 Å². The number of aromatic nitrogens is 2. The molecule has 2 N–H and O–H groups in total. The monoisotopic (exact) mass is 299 g/mol. The Morgan fingerprint density at radius 1 is 1.24 bits per heavy atom. The van der Waals surface area contributed by atoms with Crippen LogP contribution in [-0.2, 0) is 0 Å². The van der Waals surface area contributed by atoms with Crippen molar-refractivity contribution in [2.45, 2.75) is 13.8 Å². The zero-order chi connectivity index (χ0) is 15.1. The smallest absolute Gasteiger partial charge is 0.253 e. The first kappa shape index (κ1) is 13.6. The number of primary amides is 1. The number of nitrogens with zero attached hydrogens (tertiary/aromatic N) is 2. The fourth-order valence-electron chi connectivity index (χ4n) is 2.54. The summed E-state index contributed by atoms with van der Waals surface area (Å²) in [5, 5.41) is 0.647. The van der Waals surface area contributed by atoms with E-state index in [4.69, 9.17) is 17.3 Å². The molecule has 3 rings (SSSR count). The van der Waals surface area contributed by atoms with Gasteiger partial charge < -0.3 is 10.1 Å². The molecule has 0 fully saturated rings. The molecule has 0 aliphatic heterocycles. The van der Waals surface area contributed by atoms with E-state index in [1.54, 1.807) is 12.1 Å². The largest absolute Gasteiger partial charge is 0.365 e. The van der Waals surface area contributed by atoms with E-state index in [9.17, 15) is 4.79 Å². The summed E-state index contributed by atoms with van der Waals surface area (Å²) in [5.74, 6) is -0.486. The van der Waals surface area contributed by atoms with Crippen molar-refractivity contribution in [1.29, 1.82) is 0 Å². The minimum atomic E-state index is -0.486. The first-order chi connectivity index (χ1) is 9.97. The highest BCUT2D eigenvalue weighted by Crippen LogP contribution is 2.29. The molecule has 21 heavy (non-hydrogen) atoms. The molecule has 0 saturated heterocycles. The summed E-state index contributed by atoms with van der Waals surface area (Å²) in [6.07, 6.45) is 1.89. The van der Waals surface area contributed by atoms with Gasteiger partial charge in [-0.3, -0.25) is 4.79 Å². The number of aryl methyl sites for hydroxylation is 2. The lowest BCUT2D eigenvalue weighted by molar-refractivity contribution is 0.100. The second kappa shape index (κ2) is 4.90. The van der Waals surface area contributed by atoms with Gasteiger partial charge in [0.25, 0.3) is 5.91 Å². The van der Waals surface area contributed by atoms with E-state index < -0.39 is 5.91 Å². The van der Waals surface area contributed by atoms with Crippen LogP contribution in [0.15, 0.2) is 36.5 Å². The van der Waals surface area contributed by atoms with E-state index in [1.807, 2.05) is 42.6 Å². The number of amides is 1. The molecular weight excluding hydrogens is 286 g/mol. The highest BCUT2D eigenvalue weighted by Gasteiger charge is 2.19. The second-order valence-electron chi connectivity index (χ2n) is 5.02. The zero-order valence-electron chi connectivity index (χ0n) is 11.7. The fourth-order valence-corrected chi connectivity index (χ4v) is 2.66. The molecule has 0 aliphatic carbocycles. The second-order valence-corrected chi connectivity index (χ2v) is 5.46. The maximum atomic E-state index is 11.9. The van der Waals surface area contributed by atoms with Gasteiger partial charge in [-0.2, -0.15) is 0 Å². The van der Waals surface area contributed by atoms with Crippen molar-refractivity contribution < 1.29 is 4.79 Å². The lowest BCUT2D eigenvalue weighted by Gasteiger charge is -2.02. The van der Waals surface area contributed by atoms with Gasteiger partial charge in [-0.05, 0) is 37.6 Å². The topological polar surface area (TPSA) is 60.4 Å². The SMILES string of the molecule is Cc1cc(C)n2cc(-c3ccc(Cl)cc3)c(C(N)=O)c2n1. The maximum Gasteiger partial charge on any atom is 0.253 e. The van der Waals surface area contributed by atoms with Gasteiger partial charge in [-0.1, -0.05) is 23.7 Å². The van der Waals surface area contributed by atoms with E-state index in [2.05, 4.69) is 4.98 Å². The van der Waals surface area contributed by atoms with Crippen LogP contribution < -0.4 is 5.73 Å². The Bertz CT molecular complexity index is 850. The standard InChI is InChI=1S/C16H14ClN3O/c1-9-7-10(2)20-8-13(11-3-5-12(17)6-4-11)14(15(18)21)16(20)19-9/h3-8H,1-2H3,(H2,18,21). The number of carbonyl (C=O) groups excluding carboxylic acids is 1. The summed E-state index contributed by atoms with van der Waals surface area (Å²) in [4.78, 5) is 16.4. The molecule has 0 atom stereocenters. The van der Waals surface area contributed by atoms with E-state index in [-0.39, 0.29) is 0 Å². The highest BCUT2D eigenvalue weighted by molar-refractivity contribution is 6.30. The van der Waals surface area contributed by atoms with Gasteiger partial charge >= 0.3 is 0 Å². The quantitative estimate of drug-likeness (QED) is 0.788. The van der Waals surface area contributed by atoms with Crippen LogP contribution in [-0.4, -0.2) is 15.3 Å². The molecule has 0 unspecified atom stereocenters. The van der Waals surface area contributed by atoms with E-state index in [1.165, 1.54) is 0 Å². The van der Waals surface area contributed by atoms with Crippen molar-refractivity contribution >= 4 is 23.2 Å². The average Bonchev–Trinajstić information content (AvgIpc) is 2.79. The molecule has 2 aromatic heterocycles. The molecule has 1 amide bonds. The van der Waals surface area contributed by atoms with Crippen LogP contribution in [0.3, 0.4) is 0 Å². The molecular formula is C16H14ClN3O. The van der Waals surface area contributed by atoms with Gasteiger partial charge in [0.1, 0.15) is 0 Å². The molecule has 0 radical (unpaired) electrons. The Labute approximate surface area is 127 Å².